The summed E-state index contributed by atoms with van der Waals surface area (Å²) in [7, 11) is 0. The van der Waals surface area contributed by atoms with Crippen molar-refractivity contribution in [1.82, 2.24) is 10.3 Å². The molecular formula is C29H23N3O3S. The van der Waals surface area contributed by atoms with Gasteiger partial charge in [-0.15, -0.1) is 0 Å². The third-order valence-electron chi connectivity index (χ3n) is 5.57. The number of hydrogen-bond acceptors (Lipinski definition) is 5. The fraction of sp³-hybridized carbons (Fsp3) is 0.0690. The average Bonchev–Trinajstić information content (AvgIpc) is 3.55. The number of carbonyl (C=O) groups excluding carboxylic acids is 1. The van der Waals surface area contributed by atoms with Crippen molar-refractivity contribution in [2.24, 2.45) is 0 Å². The van der Waals surface area contributed by atoms with Crippen LogP contribution in [-0.4, -0.2) is 16.0 Å². The van der Waals surface area contributed by atoms with Crippen LogP contribution in [-0.2, 0) is 11.2 Å². The van der Waals surface area contributed by atoms with Gasteiger partial charge in [0.1, 0.15) is 17.0 Å². The van der Waals surface area contributed by atoms with Gasteiger partial charge in [0.15, 0.2) is 10.7 Å². The Bertz CT molecular complexity index is 1550. The van der Waals surface area contributed by atoms with Crippen LogP contribution in [0.4, 0.5) is 5.69 Å². The fourth-order valence-electron chi connectivity index (χ4n) is 3.69. The molecule has 5 rings (SSSR count). The van der Waals surface area contributed by atoms with Crippen LogP contribution >= 0.6 is 12.2 Å². The normalized spacial score (nSPS) is 11.1. The highest BCUT2D eigenvalue weighted by Crippen LogP contribution is 2.26. The van der Waals surface area contributed by atoms with Crippen molar-refractivity contribution in [3.05, 3.63) is 102 Å². The van der Waals surface area contributed by atoms with E-state index in [2.05, 4.69) is 22.5 Å². The van der Waals surface area contributed by atoms with E-state index in [9.17, 15) is 4.79 Å². The largest absolute Gasteiger partial charge is 0.457 e. The van der Waals surface area contributed by atoms with Gasteiger partial charge in [-0.2, -0.15) is 0 Å². The topological polar surface area (TPSA) is 80.3 Å². The number of aryl methyl sites for hydroxylation is 1. The summed E-state index contributed by atoms with van der Waals surface area (Å²) in [6.07, 6.45) is 3.92. The molecule has 0 spiro atoms. The molecule has 3 aromatic carbocycles. The Labute approximate surface area is 213 Å². The van der Waals surface area contributed by atoms with Gasteiger partial charge in [-0.3, -0.25) is 10.1 Å². The molecule has 0 aliphatic carbocycles. The lowest BCUT2D eigenvalue weighted by Crippen LogP contribution is -2.32. The predicted octanol–water partition coefficient (Wildman–Crippen LogP) is 6.84. The van der Waals surface area contributed by atoms with Crippen molar-refractivity contribution in [3.8, 4) is 22.8 Å². The quantitative estimate of drug-likeness (QED) is 0.199. The summed E-state index contributed by atoms with van der Waals surface area (Å²) in [4.78, 5) is 16.9. The monoisotopic (exact) mass is 493 g/mol. The van der Waals surface area contributed by atoms with Gasteiger partial charge in [-0.25, -0.2) is 4.98 Å². The fourth-order valence-corrected chi connectivity index (χ4v) is 3.90. The standard InChI is InChI=1S/C29H23N3O3S/c1-2-19-8-15-26-24(18-19)31-28(35-26)21-9-11-22(12-10-21)30-29(36)32-27(33)17-14-23-13-16-25(34-23)20-6-4-3-5-7-20/h3-18H,2H2,1H3,(H2,30,32,33,36)/b17-14+. The Morgan fingerprint density at radius 3 is 2.53 bits per heavy atom. The molecule has 0 saturated carbocycles. The van der Waals surface area contributed by atoms with Gasteiger partial charge in [0.25, 0.3) is 0 Å². The van der Waals surface area contributed by atoms with Crippen LogP contribution in [0.5, 0.6) is 0 Å². The van der Waals surface area contributed by atoms with E-state index in [0.717, 1.165) is 40.1 Å². The maximum atomic E-state index is 12.3. The Morgan fingerprint density at radius 2 is 1.75 bits per heavy atom. The Kier molecular flexibility index (Phi) is 6.73. The van der Waals surface area contributed by atoms with Gasteiger partial charge >= 0.3 is 0 Å². The first-order valence-corrected chi connectivity index (χ1v) is 11.9. The highest BCUT2D eigenvalue weighted by Gasteiger charge is 2.10. The summed E-state index contributed by atoms with van der Waals surface area (Å²) in [5.74, 6) is 1.50. The SMILES string of the molecule is CCc1ccc2oc(-c3ccc(NC(=S)NC(=O)/C=C/c4ccc(-c5ccccc5)o4)cc3)nc2c1. The number of oxazole rings is 1. The van der Waals surface area contributed by atoms with E-state index in [1.54, 1.807) is 6.08 Å². The maximum Gasteiger partial charge on any atom is 0.250 e. The lowest BCUT2D eigenvalue weighted by molar-refractivity contribution is -0.115. The van der Waals surface area contributed by atoms with Crippen molar-refractivity contribution in [1.29, 1.82) is 0 Å². The van der Waals surface area contributed by atoms with Gasteiger partial charge in [0, 0.05) is 22.9 Å². The minimum atomic E-state index is -0.361. The lowest BCUT2D eigenvalue weighted by Gasteiger charge is -2.08. The molecule has 2 N–H and O–H groups in total. The lowest BCUT2D eigenvalue weighted by atomic mass is 10.1. The van der Waals surface area contributed by atoms with Crippen molar-refractivity contribution >= 4 is 46.1 Å². The smallest absolute Gasteiger partial charge is 0.250 e. The maximum absolute atomic E-state index is 12.3. The Hall–Kier alpha value is -4.49. The molecule has 0 unspecified atom stereocenters. The van der Waals surface area contributed by atoms with E-state index in [1.165, 1.54) is 11.6 Å². The zero-order valence-corrected chi connectivity index (χ0v) is 20.3. The van der Waals surface area contributed by atoms with Crippen LogP contribution in [0.15, 0.2) is 99.8 Å². The van der Waals surface area contributed by atoms with Crippen LogP contribution in [0, 0.1) is 0 Å². The van der Waals surface area contributed by atoms with Crippen molar-refractivity contribution in [2.45, 2.75) is 13.3 Å². The van der Waals surface area contributed by atoms with Crippen LogP contribution < -0.4 is 10.6 Å². The number of rotatable bonds is 6. The molecule has 178 valence electrons. The molecule has 7 heteroatoms. The number of hydrogen-bond donors (Lipinski definition) is 2. The number of amides is 1. The average molecular weight is 494 g/mol. The van der Waals surface area contributed by atoms with Crippen molar-refractivity contribution in [2.75, 3.05) is 5.32 Å². The first-order chi connectivity index (χ1) is 17.6. The van der Waals surface area contributed by atoms with E-state index in [0.29, 0.717) is 11.7 Å². The summed E-state index contributed by atoms with van der Waals surface area (Å²) < 4.78 is 11.7. The zero-order valence-electron chi connectivity index (χ0n) is 19.5. The number of anilines is 1. The summed E-state index contributed by atoms with van der Waals surface area (Å²) in [5, 5.41) is 5.83. The zero-order chi connectivity index (χ0) is 24.9. The van der Waals surface area contributed by atoms with Crippen LogP contribution in [0.1, 0.15) is 18.2 Å². The molecule has 36 heavy (non-hydrogen) atoms. The molecule has 0 aliphatic heterocycles. The molecule has 2 heterocycles. The molecule has 0 saturated heterocycles. The number of furan rings is 1. The molecule has 0 fully saturated rings. The minimum Gasteiger partial charge on any atom is -0.457 e. The summed E-state index contributed by atoms with van der Waals surface area (Å²) in [6, 6.07) is 27.0. The first-order valence-electron chi connectivity index (χ1n) is 11.5. The van der Waals surface area contributed by atoms with E-state index in [4.69, 9.17) is 21.1 Å². The van der Waals surface area contributed by atoms with Crippen LogP contribution in [0.3, 0.4) is 0 Å². The van der Waals surface area contributed by atoms with Crippen molar-refractivity contribution in [3.63, 3.8) is 0 Å². The molecule has 0 bridgehead atoms. The number of aromatic nitrogens is 1. The molecule has 6 nitrogen and oxygen atoms in total. The number of carbonyl (C=O) groups is 1. The number of nitrogens with zero attached hydrogens (tertiary/aromatic N) is 1. The summed E-state index contributed by atoms with van der Waals surface area (Å²) >= 11 is 5.27. The van der Waals surface area contributed by atoms with Gasteiger partial charge in [0.05, 0.1) is 0 Å². The van der Waals surface area contributed by atoms with Gasteiger partial charge in [-0.05, 0) is 78.8 Å². The second-order valence-electron chi connectivity index (χ2n) is 8.10. The molecule has 0 atom stereocenters. The number of nitrogens with one attached hydrogen (secondary N) is 2. The third kappa shape index (κ3) is 5.42. The van der Waals surface area contributed by atoms with Crippen LogP contribution in [0.25, 0.3) is 40.0 Å². The minimum absolute atomic E-state index is 0.191. The molecule has 2 aromatic heterocycles. The highest BCUT2D eigenvalue weighted by atomic mass is 32.1. The van der Waals surface area contributed by atoms with Crippen molar-refractivity contribution < 1.29 is 13.6 Å². The van der Waals surface area contributed by atoms with E-state index in [-0.39, 0.29) is 11.0 Å². The number of fused-ring (bicyclic) bond motifs is 1. The molecule has 0 radical (unpaired) electrons. The first kappa shape index (κ1) is 23.3. The molecule has 0 aliphatic rings. The third-order valence-corrected chi connectivity index (χ3v) is 5.77. The Morgan fingerprint density at radius 1 is 0.944 bits per heavy atom. The number of thiocarbonyl (C=S) groups is 1. The van der Waals surface area contributed by atoms with E-state index in [1.807, 2.05) is 84.9 Å². The highest BCUT2D eigenvalue weighted by molar-refractivity contribution is 7.80. The number of benzene rings is 3. The van der Waals surface area contributed by atoms with Gasteiger partial charge in [0.2, 0.25) is 11.8 Å². The van der Waals surface area contributed by atoms with Gasteiger partial charge in [-0.1, -0.05) is 43.3 Å². The summed E-state index contributed by atoms with van der Waals surface area (Å²) in [5.41, 5.74) is 5.37. The molecule has 5 aromatic rings. The van der Waals surface area contributed by atoms with Crippen LogP contribution in [0.2, 0.25) is 0 Å². The summed E-state index contributed by atoms with van der Waals surface area (Å²) in [6.45, 7) is 2.11. The molecule has 1 amide bonds. The van der Waals surface area contributed by atoms with E-state index < -0.39 is 0 Å². The Balaban J connectivity index is 1.17. The van der Waals surface area contributed by atoms with E-state index >= 15 is 0 Å². The second kappa shape index (κ2) is 10.4. The predicted molar refractivity (Wildman–Crippen MR) is 146 cm³/mol. The second-order valence-corrected chi connectivity index (χ2v) is 8.50. The molecular weight excluding hydrogens is 470 g/mol. The van der Waals surface area contributed by atoms with Gasteiger partial charge < -0.3 is 14.2 Å².